The van der Waals surface area contributed by atoms with E-state index in [0.717, 1.165) is 25.3 Å². The number of nitrogens with zero attached hydrogens (tertiary/aromatic N) is 3. The first-order chi connectivity index (χ1) is 9.78. The maximum atomic E-state index is 4.43. The van der Waals surface area contributed by atoms with Gasteiger partial charge in [0, 0.05) is 49.5 Å². The zero-order valence-corrected chi connectivity index (χ0v) is 12.0. The molecule has 0 aliphatic rings. The van der Waals surface area contributed by atoms with Crippen LogP contribution in [0, 0.1) is 0 Å². The summed E-state index contributed by atoms with van der Waals surface area (Å²) in [5.41, 5.74) is 2.67. The van der Waals surface area contributed by atoms with E-state index >= 15 is 0 Å². The van der Waals surface area contributed by atoms with Gasteiger partial charge in [-0.3, -0.25) is 4.68 Å². The molecule has 0 amide bonds. The Morgan fingerprint density at radius 3 is 2.85 bits per heavy atom. The number of hydrogen-bond donors (Lipinski definition) is 1. The third-order valence-electron chi connectivity index (χ3n) is 3.64. The van der Waals surface area contributed by atoms with E-state index in [2.05, 4.69) is 59.4 Å². The molecule has 3 aromatic rings. The van der Waals surface area contributed by atoms with Crippen LogP contribution in [0.1, 0.15) is 12.5 Å². The van der Waals surface area contributed by atoms with Gasteiger partial charge >= 0.3 is 0 Å². The predicted octanol–water partition coefficient (Wildman–Crippen LogP) is 3.05. The summed E-state index contributed by atoms with van der Waals surface area (Å²) in [5, 5.41) is 9.15. The third-order valence-corrected chi connectivity index (χ3v) is 3.64. The Hall–Kier alpha value is -2.23. The Balaban J connectivity index is 1.68. The highest BCUT2D eigenvalue weighted by molar-refractivity contribution is 5.83. The van der Waals surface area contributed by atoms with E-state index in [0.29, 0.717) is 0 Å². The van der Waals surface area contributed by atoms with Crippen molar-refractivity contribution in [2.45, 2.75) is 19.9 Å². The summed E-state index contributed by atoms with van der Waals surface area (Å²) in [6.07, 6.45) is 5.22. The van der Waals surface area contributed by atoms with Crippen LogP contribution in [0.4, 0.5) is 5.82 Å². The molecule has 0 atom stereocenters. The standard InChI is InChI=1S/C16H20N4/c1-3-20-11-9-16(18-20)17-10-8-13-12-19(2)15-7-5-4-6-14(13)15/h4-7,9,11-12H,3,8,10H2,1-2H3,(H,17,18). The van der Waals surface area contributed by atoms with E-state index in [4.69, 9.17) is 0 Å². The van der Waals surface area contributed by atoms with E-state index in [1.807, 2.05) is 16.9 Å². The number of rotatable bonds is 5. The summed E-state index contributed by atoms with van der Waals surface area (Å²) in [7, 11) is 2.10. The number of benzene rings is 1. The van der Waals surface area contributed by atoms with Crippen LogP contribution in [0.15, 0.2) is 42.7 Å². The van der Waals surface area contributed by atoms with Crippen molar-refractivity contribution in [2.75, 3.05) is 11.9 Å². The zero-order valence-electron chi connectivity index (χ0n) is 12.0. The molecule has 20 heavy (non-hydrogen) atoms. The molecular weight excluding hydrogens is 248 g/mol. The second kappa shape index (κ2) is 5.41. The fourth-order valence-electron chi connectivity index (χ4n) is 2.58. The quantitative estimate of drug-likeness (QED) is 0.772. The van der Waals surface area contributed by atoms with Gasteiger partial charge in [-0.05, 0) is 25.0 Å². The molecule has 104 valence electrons. The minimum Gasteiger partial charge on any atom is -0.368 e. The molecule has 0 aliphatic carbocycles. The lowest BCUT2D eigenvalue weighted by Crippen LogP contribution is -2.06. The van der Waals surface area contributed by atoms with Crippen molar-refractivity contribution in [2.24, 2.45) is 7.05 Å². The van der Waals surface area contributed by atoms with Crippen molar-refractivity contribution in [3.63, 3.8) is 0 Å². The highest BCUT2D eigenvalue weighted by Crippen LogP contribution is 2.20. The Morgan fingerprint density at radius 2 is 2.05 bits per heavy atom. The molecule has 1 N–H and O–H groups in total. The average molecular weight is 268 g/mol. The lowest BCUT2D eigenvalue weighted by Gasteiger charge is -2.02. The second-order valence-corrected chi connectivity index (χ2v) is 5.02. The number of aryl methyl sites for hydroxylation is 2. The Kier molecular flexibility index (Phi) is 3.46. The van der Waals surface area contributed by atoms with Crippen LogP contribution in [0.5, 0.6) is 0 Å². The molecule has 0 fully saturated rings. The van der Waals surface area contributed by atoms with Crippen molar-refractivity contribution in [3.05, 3.63) is 48.3 Å². The second-order valence-electron chi connectivity index (χ2n) is 5.02. The van der Waals surface area contributed by atoms with Gasteiger partial charge in [0.2, 0.25) is 0 Å². The molecule has 4 nitrogen and oxygen atoms in total. The summed E-state index contributed by atoms with van der Waals surface area (Å²) in [6, 6.07) is 10.6. The smallest absolute Gasteiger partial charge is 0.147 e. The van der Waals surface area contributed by atoms with Crippen LogP contribution < -0.4 is 5.32 Å². The monoisotopic (exact) mass is 268 g/mol. The normalized spacial score (nSPS) is 11.1. The molecule has 1 aromatic carbocycles. The molecule has 0 bridgehead atoms. The summed E-state index contributed by atoms with van der Waals surface area (Å²) >= 11 is 0. The molecule has 3 rings (SSSR count). The first kappa shape index (κ1) is 12.8. The van der Waals surface area contributed by atoms with Gasteiger partial charge in [0.15, 0.2) is 0 Å². The summed E-state index contributed by atoms with van der Waals surface area (Å²) < 4.78 is 4.12. The minimum absolute atomic E-state index is 0.898. The number of anilines is 1. The number of para-hydroxylation sites is 1. The van der Waals surface area contributed by atoms with E-state index < -0.39 is 0 Å². The fraction of sp³-hybridized carbons (Fsp3) is 0.312. The minimum atomic E-state index is 0.898. The van der Waals surface area contributed by atoms with Gasteiger partial charge in [0.25, 0.3) is 0 Å². The molecule has 2 heterocycles. The average Bonchev–Trinajstić information content (AvgIpc) is 3.05. The van der Waals surface area contributed by atoms with Gasteiger partial charge in [-0.2, -0.15) is 5.10 Å². The van der Waals surface area contributed by atoms with Crippen molar-refractivity contribution >= 4 is 16.7 Å². The van der Waals surface area contributed by atoms with Gasteiger partial charge in [0.05, 0.1) is 0 Å². The van der Waals surface area contributed by atoms with Crippen molar-refractivity contribution in [1.29, 1.82) is 0 Å². The molecule has 0 saturated heterocycles. The molecule has 0 radical (unpaired) electrons. The first-order valence-corrected chi connectivity index (χ1v) is 7.08. The molecule has 0 spiro atoms. The summed E-state index contributed by atoms with van der Waals surface area (Å²) in [5.74, 6) is 0.951. The van der Waals surface area contributed by atoms with Crippen LogP contribution in [-0.4, -0.2) is 20.9 Å². The van der Waals surface area contributed by atoms with Gasteiger partial charge in [-0.25, -0.2) is 0 Å². The van der Waals surface area contributed by atoms with Crippen molar-refractivity contribution in [3.8, 4) is 0 Å². The molecular formula is C16H20N4. The third kappa shape index (κ3) is 2.41. The molecule has 2 aromatic heterocycles. The highest BCUT2D eigenvalue weighted by atomic mass is 15.3. The van der Waals surface area contributed by atoms with Crippen LogP contribution in [0.25, 0.3) is 10.9 Å². The number of fused-ring (bicyclic) bond motifs is 1. The van der Waals surface area contributed by atoms with Crippen LogP contribution in [0.3, 0.4) is 0 Å². The zero-order chi connectivity index (χ0) is 13.9. The Morgan fingerprint density at radius 1 is 1.20 bits per heavy atom. The van der Waals surface area contributed by atoms with E-state index in [1.165, 1.54) is 16.5 Å². The van der Waals surface area contributed by atoms with Gasteiger partial charge in [0.1, 0.15) is 5.82 Å². The Bertz CT molecular complexity index is 708. The predicted molar refractivity (Wildman–Crippen MR) is 83.0 cm³/mol. The SMILES string of the molecule is CCn1ccc(NCCc2cn(C)c3ccccc23)n1. The fourth-order valence-corrected chi connectivity index (χ4v) is 2.58. The van der Waals surface area contributed by atoms with E-state index in [9.17, 15) is 0 Å². The van der Waals surface area contributed by atoms with Gasteiger partial charge in [-0.15, -0.1) is 0 Å². The summed E-state index contributed by atoms with van der Waals surface area (Å²) in [4.78, 5) is 0. The van der Waals surface area contributed by atoms with Crippen LogP contribution in [-0.2, 0) is 20.0 Å². The lowest BCUT2D eigenvalue weighted by molar-refractivity contribution is 0.661. The first-order valence-electron chi connectivity index (χ1n) is 7.08. The molecule has 0 saturated carbocycles. The number of aromatic nitrogens is 3. The summed E-state index contributed by atoms with van der Waals surface area (Å²) in [6.45, 7) is 3.90. The maximum absolute atomic E-state index is 4.43. The van der Waals surface area contributed by atoms with Crippen molar-refractivity contribution < 1.29 is 0 Å². The van der Waals surface area contributed by atoms with E-state index in [1.54, 1.807) is 0 Å². The highest BCUT2D eigenvalue weighted by Gasteiger charge is 2.05. The van der Waals surface area contributed by atoms with E-state index in [-0.39, 0.29) is 0 Å². The number of nitrogens with one attached hydrogen (secondary N) is 1. The van der Waals surface area contributed by atoms with Crippen LogP contribution >= 0.6 is 0 Å². The molecule has 0 unspecified atom stereocenters. The van der Waals surface area contributed by atoms with Gasteiger partial charge < -0.3 is 9.88 Å². The Labute approximate surface area is 119 Å². The number of hydrogen-bond acceptors (Lipinski definition) is 2. The molecule has 4 heteroatoms. The lowest BCUT2D eigenvalue weighted by atomic mass is 10.1. The van der Waals surface area contributed by atoms with Gasteiger partial charge in [-0.1, -0.05) is 18.2 Å². The largest absolute Gasteiger partial charge is 0.368 e. The molecule has 0 aliphatic heterocycles. The van der Waals surface area contributed by atoms with Crippen molar-refractivity contribution in [1.82, 2.24) is 14.3 Å². The van der Waals surface area contributed by atoms with Crippen LogP contribution in [0.2, 0.25) is 0 Å². The maximum Gasteiger partial charge on any atom is 0.147 e. The topological polar surface area (TPSA) is 34.8 Å².